The molecule has 0 aliphatic carbocycles. The van der Waals surface area contributed by atoms with Gasteiger partial charge in [0, 0.05) is 44.5 Å². The standard InChI is InChI=1S/C23H28N6O3/c1-16-4-5-18(12-21(16)30)14-24-23(31)28-10-8-27(9-11-28)19-6-7-20(22(13-19)32-3)29-15-25-17(2)26-29/h4-7,12-13,15,30H,8-11,14H2,1-3H3,(H,24,31). The molecule has 168 valence electrons. The summed E-state index contributed by atoms with van der Waals surface area (Å²) in [6.07, 6.45) is 1.67. The lowest BCUT2D eigenvalue weighted by Gasteiger charge is -2.36. The average molecular weight is 437 g/mol. The highest BCUT2D eigenvalue weighted by Gasteiger charge is 2.22. The first-order chi connectivity index (χ1) is 15.4. The largest absolute Gasteiger partial charge is 0.508 e. The lowest BCUT2D eigenvalue weighted by atomic mass is 10.1. The molecule has 1 saturated heterocycles. The van der Waals surface area contributed by atoms with Crippen molar-refractivity contribution in [3.63, 3.8) is 0 Å². The van der Waals surface area contributed by atoms with Crippen LogP contribution in [0.2, 0.25) is 0 Å². The summed E-state index contributed by atoms with van der Waals surface area (Å²) in [4.78, 5) is 20.8. The third-order valence-corrected chi connectivity index (χ3v) is 5.67. The van der Waals surface area contributed by atoms with Crippen molar-refractivity contribution < 1.29 is 14.6 Å². The molecule has 9 nitrogen and oxygen atoms in total. The van der Waals surface area contributed by atoms with Crippen LogP contribution in [0.4, 0.5) is 10.5 Å². The first kappa shape index (κ1) is 21.5. The molecular formula is C23H28N6O3. The Kier molecular flexibility index (Phi) is 6.16. The van der Waals surface area contributed by atoms with E-state index in [4.69, 9.17) is 4.74 Å². The number of phenolic OH excluding ortho intramolecular Hbond substituents is 1. The maximum atomic E-state index is 12.6. The van der Waals surface area contributed by atoms with Crippen molar-refractivity contribution in [3.8, 4) is 17.2 Å². The van der Waals surface area contributed by atoms with Crippen molar-refractivity contribution in [3.05, 3.63) is 59.7 Å². The van der Waals surface area contributed by atoms with Gasteiger partial charge in [-0.3, -0.25) is 0 Å². The van der Waals surface area contributed by atoms with Gasteiger partial charge in [0.1, 0.15) is 29.3 Å². The zero-order chi connectivity index (χ0) is 22.7. The Morgan fingerprint density at radius 1 is 1.12 bits per heavy atom. The second kappa shape index (κ2) is 9.17. The molecule has 0 atom stereocenters. The fourth-order valence-corrected chi connectivity index (χ4v) is 3.74. The highest BCUT2D eigenvalue weighted by Crippen LogP contribution is 2.29. The van der Waals surface area contributed by atoms with E-state index in [1.54, 1.807) is 24.2 Å². The summed E-state index contributed by atoms with van der Waals surface area (Å²) in [5.74, 6) is 1.66. The first-order valence-electron chi connectivity index (χ1n) is 10.6. The van der Waals surface area contributed by atoms with Crippen LogP contribution in [-0.4, -0.2) is 64.1 Å². The Hall–Kier alpha value is -3.75. The van der Waals surface area contributed by atoms with Crippen molar-refractivity contribution >= 4 is 11.7 Å². The number of rotatable bonds is 5. The van der Waals surface area contributed by atoms with E-state index in [1.807, 2.05) is 49.1 Å². The summed E-state index contributed by atoms with van der Waals surface area (Å²) in [6, 6.07) is 11.3. The minimum atomic E-state index is -0.0980. The fraction of sp³-hybridized carbons (Fsp3) is 0.348. The summed E-state index contributed by atoms with van der Waals surface area (Å²) in [7, 11) is 1.64. The van der Waals surface area contributed by atoms with Gasteiger partial charge in [-0.1, -0.05) is 12.1 Å². The number of nitrogens with zero attached hydrogens (tertiary/aromatic N) is 5. The Labute approximate surface area is 187 Å². The van der Waals surface area contributed by atoms with Crippen LogP contribution in [0.15, 0.2) is 42.7 Å². The molecule has 0 radical (unpaired) electrons. The molecule has 0 unspecified atom stereocenters. The highest BCUT2D eigenvalue weighted by molar-refractivity contribution is 5.74. The van der Waals surface area contributed by atoms with E-state index < -0.39 is 0 Å². The topological polar surface area (TPSA) is 95.8 Å². The SMILES string of the molecule is COc1cc(N2CCN(C(=O)NCc3ccc(C)c(O)c3)CC2)ccc1-n1cnc(C)n1. The van der Waals surface area contributed by atoms with Gasteiger partial charge in [-0.2, -0.15) is 5.10 Å². The van der Waals surface area contributed by atoms with Crippen molar-refractivity contribution in [1.29, 1.82) is 0 Å². The smallest absolute Gasteiger partial charge is 0.317 e. The number of amides is 2. The van der Waals surface area contributed by atoms with E-state index in [9.17, 15) is 9.90 Å². The number of carbonyl (C=O) groups is 1. The fourth-order valence-electron chi connectivity index (χ4n) is 3.74. The van der Waals surface area contributed by atoms with Crippen molar-refractivity contribution in [2.45, 2.75) is 20.4 Å². The number of anilines is 1. The predicted octanol–water partition coefficient (Wildman–Crippen LogP) is 2.63. The lowest BCUT2D eigenvalue weighted by Crippen LogP contribution is -2.51. The maximum Gasteiger partial charge on any atom is 0.317 e. The van der Waals surface area contributed by atoms with E-state index in [-0.39, 0.29) is 11.8 Å². The van der Waals surface area contributed by atoms with Crippen LogP contribution in [0.3, 0.4) is 0 Å². The van der Waals surface area contributed by atoms with E-state index in [0.717, 1.165) is 35.6 Å². The molecule has 4 rings (SSSR count). The molecule has 2 N–H and O–H groups in total. The molecule has 2 heterocycles. The second-order valence-corrected chi connectivity index (χ2v) is 7.85. The molecule has 1 aliphatic rings. The number of piperazine rings is 1. The lowest BCUT2D eigenvalue weighted by molar-refractivity contribution is 0.194. The van der Waals surface area contributed by atoms with Gasteiger partial charge < -0.3 is 25.0 Å². The molecular weight excluding hydrogens is 408 g/mol. The van der Waals surface area contributed by atoms with Crippen molar-refractivity contribution in [2.75, 3.05) is 38.2 Å². The number of phenols is 1. The van der Waals surface area contributed by atoms with Crippen LogP contribution >= 0.6 is 0 Å². The molecule has 32 heavy (non-hydrogen) atoms. The van der Waals surface area contributed by atoms with E-state index >= 15 is 0 Å². The number of aryl methyl sites for hydroxylation is 2. The summed E-state index contributed by atoms with van der Waals surface area (Å²) < 4.78 is 7.28. The molecule has 3 aromatic rings. The van der Waals surface area contributed by atoms with Crippen LogP contribution in [0.25, 0.3) is 5.69 Å². The Bertz CT molecular complexity index is 1100. The van der Waals surface area contributed by atoms with Gasteiger partial charge in [-0.25, -0.2) is 14.5 Å². The molecule has 2 aromatic carbocycles. The van der Waals surface area contributed by atoms with E-state index in [0.29, 0.717) is 31.2 Å². The summed E-state index contributed by atoms with van der Waals surface area (Å²) in [5, 5.41) is 17.1. The minimum absolute atomic E-state index is 0.0980. The predicted molar refractivity (Wildman–Crippen MR) is 122 cm³/mol. The number of hydrogen-bond donors (Lipinski definition) is 2. The molecule has 1 aliphatic heterocycles. The van der Waals surface area contributed by atoms with Crippen LogP contribution < -0.4 is 15.0 Å². The van der Waals surface area contributed by atoms with E-state index in [2.05, 4.69) is 20.3 Å². The number of hydrogen-bond acceptors (Lipinski definition) is 6. The number of nitrogens with one attached hydrogen (secondary N) is 1. The average Bonchev–Trinajstić information content (AvgIpc) is 3.25. The summed E-state index contributed by atoms with van der Waals surface area (Å²) >= 11 is 0. The number of ether oxygens (including phenoxy) is 1. The van der Waals surface area contributed by atoms with Gasteiger partial charge in [0.05, 0.1) is 7.11 Å². The quantitative estimate of drug-likeness (QED) is 0.638. The highest BCUT2D eigenvalue weighted by atomic mass is 16.5. The zero-order valence-corrected chi connectivity index (χ0v) is 18.6. The molecule has 0 spiro atoms. The summed E-state index contributed by atoms with van der Waals surface area (Å²) in [5.41, 5.74) is 3.56. The normalized spacial score (nSPS) is 13.8. The summed E-state index contributed by atoms with van der Waals surface area (Å²) in [6.45, 7) is 6.77. The van der Waals surface area contributed by atoms with Gasteiger partial charge in [-0.05, 0) is 43.2 Å². The molecule has 0 bridgehead atoms. The number of methoxy groups -OCH3 is 1. The van der Waals surface area contributed by atoms with Crippen LogP contribution in [-0.2, 0) is 6.54 Å². The third kappa shape index (κ3) is 4.61. The van der Waals surface area contributed by atoms with Crippen molar-refractivity contribution in [2.24, 2.45) is 0 Å². The molecule has 9 heteroatoms. The third-order valence-electron chi connectivity index (χ3n) is 5.67. The number of aromatic nitrogens is 3. The number of aromatic hydroxyl groups is 1. The number of benzene rings is 2. The Morgan fingerprint density at radius 2 is 1.91 bits per heavy atom. The van der Waals surface area contributed by atoms with E-state index in [1.165, 1.54) is 0 Å². The minimum Gasteiger partial charge on any atom is -0.508 e. The van der Waals surface area contributed by atoms with Gasteiger partial charge in [0.2, 0.25) is 0 Å². The molecule has 1 fully saturated rings. The maximum absolute atomic E-state index is 12.6. The van der Waals surface area contributed by atoms with Gasteiger partial charge in [-0.15, -0.1) is 0 Å². The Balaban J connectivity index is 1.34. The van der Waals surface area contributed by atoms with Gasteiger partial charge >= 0.3 is 6.03 Å². The van der Waals surface area contributed by atoms with Crippen LogP contribution in [0.5, 0.6) is 11.5 Å². The zero-order valence-electron chi connectivity index (χ0n) is 18.6. The molecule has 1 aromatic heterocycles. The number of carbonyl (C=O) groups excluding carboxylic acids is 1. The van der Waals surface area contributed by atoms with Crippen LogP contribution in [0.1, 0.15) is 17.0 Å². The Morgan fingerprint density at radius 3 is 2.56 bits per heavy atom. The van der Waals surface area contributed by atoms with Crippen LogP contribution in [0, 0.1) is 13.8 Å². The van der Waals surface area contributed by atoms with Gasteiger partial charge in [0.25, 0.3) is 0 Å². The number of urea groups is 1. The molecule has 0 saturated carbocycles. The second-order valence-electron chi connectivity index (χ2n) is 7.85. The van der Waals surface area contributed by atoms with Gasteiger partial charge in [0.15, 0.2) is 0 Å². The molecule has 2 amide bonds. The first-order valence-corrected chi connectivity index (χ1v) is 10.6. The monoisotopic (exact) mass is 436 g/mol. The van der Waals surface area contributed by atoms with Crippen molar-refractivity contribution in [1.82, 2.24) is 25.0 Å².